The fourth-order valence-electron chi connectivity index (χ4n) is 2.40. The normalized spacial score (nSPS) is 24.9. The summed E-state index contributed by atoms with van der Waals surface area (Å²) in [5.41, 5.74) is -0.185. The van der Waals surface area contributed by atoms with Gasteiger partial charge in [0.05, 0.1) is 6.04 Å². The van der Waals surface area contributed by atoms with Crippen molar-refractivity contribution in [3.63, 3.8) is 0 Å². The lowest BCUT2D eigenvalue weighted by Gasteiger charge is -2.38. The summed E-state index contributed by atoms with van der Waals surface area (Å²) in [6, 6.07) is -0.0189. The van der Waals surface area contributed by atoms with E-state index in [9.17, 15) is 4.79 Å². The minimum absolute atomic E-state index is 0.0189. The van der Waals surface area contributed by atoms with Crippen molar-refractivity contribution in [2.75, 3.05) is 19.7 Å². The van der Waals surface area contributed by atoms with Gasteiger partial charge in [-0.2, -0.15) is 0 Å². The highest BCUT2D eigenvalue weighted by Crippen LogP contribution is 2.28. The second-order valence-electron chi connectivity index (χ2n) is 4.71. The molecule has 0 aliphatic carbocycles. The van der Waals surface area contributed by atoms with Crippen molar-refractivity contribution in [1.82, 2.24) is 10.2 Å². The lowest BCUT2D eigenvalue weighted by molar-refractivity contribution is -0.135. The van der Waals surface area contributed by atoms with E-state index in [1.54, 1.807) is 0 Å². The fraction of sp³-hybridized carbons (Fsp3) is 0.917. The Morgan fingerprint density at radius 2 is 2.25 bits per heavy atom. The Labute approximate surface area is 98.0 Å². The van der Waals surface area contributed by atoms with Gasteiger partial charge < -0.3 is 15.3 Å². The van der Waals surface area contributed by atoms with Crippen molar-refractivity contribution >= 4 is 5.91 Å². The molecule has 1 aliphatic heterocycles. The molecule has 4 nitrogen and oxygen atoms in total. The number of aliphatic hydroxyl groups is 1. The summed E-state index contributed by atoms with van der Waals surface area (Å²) in [5, 5.41) is 12.3. The van der Waals surface area contributed by atoms with Gasteiger partial charge in [0.25, 0.3) is 0 Å². The van der Waals surface area contributed by atoms with Gasteiger partial charge in [-0.15, -0.1) is 0 Å². The van der Waals surface area contributed by atoms with Crippen molar-refractivity contribution in [2.24, 2.45) is 0 Å². The van der Waals surface area contributed by atoms with Crippen molar-refractivity contribution in [3.05, 3.63) is 0 Å². The van der Waals surface area contributed by atoms with Gasteiger partial charge in [0.2, 0.25) is 5.91 Å². The van der Waals surface area contributed by atoms with Gasteiger partial charge in [-0.05, 0) is 32.7 Å². The molecule has 94 valence electrons. The number of amides is 1. The summed E-state index contributed by atoms with van der Waals surface area (Å²) in [6.07, 6.45) is 2.43. The van der Waals surface area contributed by atoms with E-state index in [-0.39, 0.29) is 24.1 Å². The lowest BCUT2D eigenvalue weighted by Crippen LogP contribution is -2.50. The highest BCUT2D eigenvalue weighted by molar-refractivity contribution is 5.84. The number of likely N-dealkylation sites (tertiary alicyclic amines) is 1. The number of nitrogens with one attached hydrogen (secondary N) is 1. The molecule has 0 spiro atoms. The third-order valence-electron chi connectivity index (χ3n) is 3.72. The summed E-state index contributed by atoms with van der Waals surface area (Å²) >= 11 is 0. The Bertz CT molecular complexity index is 245. The molecule has 0 radical (unpaired) electrons. The Kier molecular flexibility index (Phi) is 4.74. The van der Waals surface area contributed by atoms with E-state index in [4.69, 9.17) is 5.11 Å². The van der Waals surface area contributed by atoms with E-state index < -0.39 is 0 Å². The second-order valence-corrected chi connectivity index (χ2v) is 4.71. The first-order chi connectivity index (χ1) is 7.59. The van der Waals surface area contributed by atoms with Gasteiger partial charge >= 0.3 is 0 Å². The Morgan fingerprint density at radius 1 is 1.56 bits per heavy atom. The molecule has 0 aromatic carbocycles. The Balaban J connectivity index is 2.70. The van der Waals surface area contributed by atoms with Crippen LogP contribution in [-0.2, 0) is 4.79 Å². The zero-order chi connectivity index (χ0) is 12.2. The molecule has 1 fully saturated rings. The average molecular weight is 228 g/mol. The molecule has 0 aromatic heterocycles. The van der Waals surface area contributed by atoms with Gasteiger partial charge in [0.15, 0.2) is 0 Å². The lowest BCUT2D eigenvalue weighted by atomic mass is 9.93. The van der Waals surface area contributed by atoms with Crippen LogP contribution < -0.4 is 5.32 Å². The van der Waals surface area contributed by atoms with Crippen molar-refractivity contribution < 1.29 is 9.90 Å². The number of likely N-dealkylation sites (N-methyl/N-ethyl adjacent to an activating group) is 1. The molecule has 1 saturated heterocycles. The molecule has 1 aliphatic rings. The maximum atomic E-state index is 12.2. The average Bonchev–Trinajstić information content (AvgIpc) is 2.62. The quantitative estimate of drug-likeness (QED) is 0.705. The Morgan fingerprint density at radius 3 is 2.75 bits per heavy atom. The van der Waals surface area contributed by atoms with Crippen LogP contribution in [0.15, 0.2) is 0 Å². The zero-order valence-corrected chi connectivity index (χ0v) is 10.6. The summed E-state index contributed by atoms with van der Waals surface area (Å²) in [7, 11) is 0. The van der Waals surface area contributed by atoms with Gasteiger partial charge in [-0.3, -0.25) is 4.79 Å². The topological polar surface area (TPSA) is 52.6 Å². The molecule has 0 bridgehead atoms. The molecule has 2 atom stereocenters. The first-order valence-corrected chi connectivity index (χ1v) is 6.24. The summed E-state index contributed by atoms with van der Waals surface area (Å²) in [6.45, 7) is 7.93. The first-order valence-electron chi connectivity index (χ1n) is 6.24. The van der Waals surface area contributed by atoms with Crippen LogP contribution in [0, 0.1) is 0 Å². The number of hydrogen-bond donors (Lipinski definition) is 2. The monoisotopic (exact) mass is 228 g/mol. The number of aliphatic hydroxyl groups excluding tert-OH is 1. The maximum absolute atomic E-state index is 12.2. The summed E-state index contributed by atoms with van der Waals surface area (Å²) in [4.78, 5) is 14.1. The van der Waals surface area contributed by atoms with Gasteiger partial charge in [-0.25, -0.2) is 0 Å². The molecule has 1 rings (SSSR count). The molecule has 0 saturated carbocycles. The van der Waals surface area contributed by atoms with Crippen LogP contribution in [0.2, 0.25) is 0 Å². The number of rotatable bonds is 6. The third-order valence-corrected chi connectivity index (χ3v) is 3.72. The first kappa shape index (κ1) is 13.5. The van der Waals surface area contributed by atoms with Gasteiger partial charge in [0.1, 0.15) is 0 Å². The van der Waals surface area contributed by atoms with Crippen molar-refractivity contribution in [1.29, 1.82) is 0 Å². The van der Waals surface area contributed by atoms with Crippen LogP contribution in [0.25, 0.3) is 0 Å². The standard InChI is InChI=1S/C12H24N2O2/c1-4-12(3,7-9-15)14-8-6-10(11(14)16)13-5-2/h10,13,15H,4-9H2,1-3H3. The van der Waals surface area contributed by atoms with Crippen LogP contribution in [0.3, 0.4) is 0 Å². The van der Waals surface area contributed by atoms with E-state index >= 15 is 0 Å². The number of carbonyl (C=O) groups is 1. The van der Waals surface area contributed by atoms with E-state index in [1.165, 1.54) is 0 Å². The van der Waals surface area contributed by atoms with Crippen LogP contribution in [0.5, 0.6) is 0 Å². The van der Waals surface area contributed by atoms with Crippen LogP contribution in [-0.4, -0.2) is 47.2 Å². The molecular formula is C12H24N2O2. The van der Waals surface area contributed by atoms with Gasteiger partial charge in [-0.1, -0.05) is 13.8 Å². The summed E-state index contributed by atoms with van der Waals surface area (Å²) in [5.74, 6) is 0.194. The van der Waals surface area contributed by atoms with Crippen molar-refractivity contribution in [2.45, 2.75) is 51.6 Å². The molecule has 4 heteroatoms. The Hall–Kier alpha value is -0.610. The molecule has 1 amide bonds. The van der Waals surface area contributed by atoms with Crippen molar-refractivity contribution in [3.8, 4) is 0 Å². The fourth-order valence-corrected chi connectivity index (χ4v) is 2.40. The highest BCUT2D eigenvalue weighted by atomic mass is 16.3. The summed E-state index contributed by atoms with van der Waals surface area (Å²) < 4.78 is 0. The molecule has 2 unspecified atom stereocenters. The smallest absolute Gasteiger partial charge is 0.240 e. The predicted octanol–water partition coefficient (Wildman–Crippen LogP) is 0.748. The van der Waals surface area contributed by atoms with E-state index in [0.717, 1.165) is 25.9 Å². The molecule has 16 heavy (non-hydrogen) atoms. The minimum atomic E-state index is -0.185. The zero-order valence-electron chi connectivity index (χ0n) is 10.6. The predicted molar refractivity (Wildman–Crippen MR) is 64.2 cm³/mol. The van der Waals surface area contributed by atoms with E-state index in [2.05, 4.69) is 19.2 Å². The van der Waals surface area contributed by atoms with Crippen LogP contribution >= 0.6 is 0 Å². The second kappa shape index (κ2) is 5.64. The van der Waals surface area contributed by atoms with E-state index in [0.29, 0.717) is 6.42 Å². The molecule has 0 aromatic rings. The maximum Gasteiger partial charge on any atom is 0.240 e. The minimum Gasteiger partial charge on any atom is -0.396 e. The highest BCUT2D eigenvalue weighted by Gasteiger charge is 2.40. The largest absolute Gasteiger partial charge is 0.396 e. The number of hydrogen-bond acceptors (Lipinski definition) is 3. The van der Waals surface area contributed by atoms with E-state index in [1.807, 2.05) is 11.8 Å². The number of carbonyl (C=O) groups excluding carboxylic acids is 1. The van der Waals surface area contributed by atoms with Gasteiger partial charge in [0, 0.05) is 18.7 Å². The SMILES string of the molecule is CCNC1CCN(C(C)(CC)CCO)C1=O. The number of nitrogens with zero attached hydrogens (tertiary/aromatic N) is 1. The third kappa shape index (κ3) is 2.55. The molecule has 1 heterocycles. The van der Waals surface area contributed by atoms with Crippen LogP contribution in [0.1, 0.15) is 40.0 Å². The molecular weight excluding hydrogens is 204 g/mol. The van der Waals surface area contributed by atoms with Crippen LogP contribution in [0.4, 0.5) is 0 Å². The molecule has 2 N–H and O–H groups in total.